The Labute approximate surface area is 173 Å². The van der Waals surface area contributed by atoms with Crippen molar-refractivity contribution >= 4 is 17.3 Å². The van der Waals surface area contributed by atoms with Gasteiger partial charge in [-0.3, -0.25) is 4.98 Å². The summed E-state index contributed by atoms with van der Waals surface area (Å²) in [5.41, 5.74) is 4.18. The highest BCUT2D eigenvalue weighted by Gasteiger charge is 2.29. The number of hydrogen-bond donors (Lipinski definition) is 1. The molecule has 1 aliphatic heterocycles. The van der Waals surface area contributed by atoms with E-state index in [2.05, 4.69) is 47.8 Å². The van der Waals surface area contributed by atoms with Crippen molar-refractivity contribution < 1.29 is 0 Å². The van der Waals surface area contributed by atoms with Gasteiger partial charge in [-0.05, 0) is 62.6 Å². The Balaban J connectivity index is 0.00000117. The van der Waals surface area contributed by atoms with E-state index in [0.717, 1.165) is 42.4 Å². The summed E-state index contributed by atoms with van der Waals surface area (Å²) in [5.74, 6) is 1.50. The highest BCUT2D eigenvalue weighted by atomic mass is 15.4. The minimum atomic E-state index is 0.273. The average molecular weight is 391 g/mol. The number of aromatic nitrogens is 4. The molecule has 0 bridgehead atoms. The van der Waals surface area contributed by atoms with Crippen molar-refractivity contribution in [2.75, 3.05) is 16.8 Å². The lowest BCUT2D eigenvalue weighted by molar-refractivity contribution is 0.689. The second kappa shape index (κ2) is 9.37. The quantitative estimate of drug-likeness (QED) is 0.592. The van der Waals surface area contributed by atoms with E-state index in [1.54, 1.807) is 0 Å². The molecular formula is C23H30N6. The lowest BCUT2D eigenvalue weighted by Crippen LogP contribution is -2.26. The highest BCUT2D eigenvalue weighted by Crippen LogP contribution is 2.35. The molecule has 1 N–H and O–H groups in total. The second-order valence-corrected chi connectivity index (χ2v) is 7.10. The minimum Gasteiger partial charge on any atom is -0.339 e. The minimum absolute atomic E-state index is 0.273. The second-order valence-electron chi connectivity index (χ2n) is 7.10. The fourth-order valence-corrected chi connectivity index (χ4v) is 3.61. The van der Waals surface area contributed by atoms with Gasteiger partial charge in [0.05, 0.1) is 6.04 Å². The first-order valence-corrected chi connectivity index (χ1v) is 10.2. The van der Waals surface area contributed by atoms with Crippen LogP contribution in [0.15, 0.2) is 66.8 Å². The molecule has 1 fully saturated rings. The van der Waals surface area contributed by atoms with Gasteiger partial charge in [-0.2, -0.15) is 4.98 Å². The molecule has 4 heterocycles. The van der Waals surface area contributed by atoms with E-state index in [1.807, 2.05) is 55.2 Å². The van der Waals surface area contributed by atoms with Gasteiger partial charge < -0.3 is 10.2 Å². The van der Waals surface area contributed by atoms with Crippen molar-refractivity contribution in [3.8, 4) is 0 Å². The molecule has 1 aliphatic rings. The van der Waals surface area contributed by atoms with Crippen LogP contribution in [0.2, 0.25) is 0 Å². The molecular weight excluding hydrogens is 360 g/mol. The monoisotopic (exact) mass is 390 g/mol. The van der Waals surface area contributed by atoms with Crippen molar-refractivity contribution in [2.24, 2.45) is 0 Å². The van der Waals surface area contributed by atoms with E-state index in [9.17, 15) is 0 Å². The van der Waals surface area contributed by atoms with Crippen molar-refractivity contribution in [2.45, 2.75) is 46.6 Å². The summed E-state index contributed by atoms with van der Waals surface area (Å²) < 4.78 is 1.88. The van der Waals surface area contributed by atoms with E-state index in [-0.39, 0.29) is 6.04 Å². The summed E-state index contributed by atoms with van der Waals surface area (Å²) in [6, 6.07) is 8.41. The average Bonchev–Trinajstić information content (AvgIpc) is 3.39. The Bertz CT molecular complexity index is 985. The van der Waals surface area contributed by atoms with Crippen molar-refractivity contribution in [3.05, 3.63) is 72.3 Å². The molecule has 0 spiro atoms. The maximum Gasteiger partial charge on any atom is 0.246 e. The Morgan fingerprint density at radius 3 is 2.69 bits per heavy atom. The van der Waals surface area contributed by atoms with Crippen molar-refractivity contribution in [1.82, 2.24) is 19.6 Å². The summed E-state index contributed by atoms with van der Waals surface area (Å²) in [7, 11) is 0. The third-order valence-corrected chi connectivity index (χ3v) is 4.72. The first-order chi connectivity index (χ1) is 14.1. The van der Waals surface area contributed by atoms with Crippen LogP contribution in [0.3, 0.4) is 0 Å². The van der Waals surface area contributed by atoms with Crippen LogP contribution in [0.5, 0.6) is 0 Å². The van der Waals surface area contributed by atoms with Crippen LogP contribution in [0.1, 0.15) is 52.1 Å². The molecule has 152 valence electrons. The largest absolute Gasteiger partial charge is 0.339 e. The Morgan fingerprint density at radius 2 is 1.97 bits per heavy atom. The third-order valence-electron chi connectivity index (χ3n) is 4.72. The van der Waals surface area contributed by atoms with Crippen molar-refractivity contribution in [3.63, 3.8) is 0 Å². The molecule has 29 heavy (non-hydrogen) atoms. The van der Waals surface area contributed by atoms with Crippen molar-refractivity contribution in [1.29, 1.82) is 0 Å². The smallest absolute Gasteiger partial charge is 0.246 e. The van der Waals surface area contributed by atoms with Gasteiger partial charge in [0.15, 0.2) is 5.82 Å². The summed E-state index contributed by atoms with van der Waals surface area (Å²) >= 11 is 0. The first-order valence-electron chi connectivity index (χ1n) is 10.2. The summed E-state index contributed by atoms with van der Waals surface area (Å²) in [4.78, 5) is 11.3. The lowest BCUT2D eigenvalue weighted by Gasteiger charge is -2.25. The molecule has 1 atom stereocenters. The topological polar surface area (TPSA) is 58.4 Å². The Kier molecular flexibility index (Phi) is 6.65. The molecule has 6 heteroatoms. The van der Waals surface area contributed by atoms with E-state index >= 15 is 0 Å². The molecule has 1 saturated heterocycles. The lowest BCUT2D eigenvalue weighted by atomic mass is 10.1. The molecule has 6 nitrogen and oxygen atoms in total. The molecule has 4 rings (SSSR count). The molecule has 0 saturated carbocycles. The number of rotatable bonds is 5. The normalized spacial score (nSPS) is 15.6. The first kappa shape index (κ1) is 20.6. The van der Waals surface area contributed by atoms with Gasteiger partial charge in [0.2, 0.25) is 5.95 Å². The van der Waals surface area contributed by atoms with Crippen LogP contribution >= 0.6 is 0 Å². The van der Waals surface area contributed by atoms with Gasteiger partial charge in [0.1, 0.15) is 5.52 Å². The molecule has 0 aromatic carbocycles. The number of nitrogens with zero attached hydrogens (tertiary/aromatic N) is 5. The van der Waals surface area contributed by atoms with Crippen LogP contribution in [-0.2, 0) is 0 Å². The predicted octanol–water partition coefficient (Wildman–Crippen LogP) is 5.38. The number of fused-ring (bicyclic) bond motifs is 1. The predicted molar refractivity (Wildman–Crippen MR) is 120 cm³/mol. The zero-order valence-corrected chi connectivity index (χ0v) is 17.8. The maximum absolute atomic E-state index is 4.86. The van der Waals surface area contributed by atoms with Crippen LogP contribution in [0.25, 0.3) is 5.52 Å². The molecule has 3 aromatic rings. The molecule has 0 radical (unpaired) electrons. The van der Waals surface area contributed by atoms with Gasteiger partial charge >= 0.3 is 0 Å². The number of pyridine rings is 1. The zero-order chi connectivity index (χ0) is 20.8. The summed E-state index contributed by atoms with van der Waals surface area (Å²) in [6.07, 6.45) is 9.86. The third kappa shape index (κ3) is 4.65. The zero-order valence-electron chi connectivity index (χ0n) is 17.8. The van der Waals surface area contributed by atoms with E-state index in [0.29, 0.717) is 0 Å². The Hall–Kier alpha value is -3.15. The van der Waals surface area contributed by atoms with E-state index in [1.165, 1.54) is 11.1 Å². The van der Waals surface area contributed by atoms with E-state index < -0.39 is 0 Å². The summed E-state index contributed by atoms with van der Waals surface area (Å²) in [6.45, 7) is 13.1. The van der Waals surface area contributed by atoms with Crippen LogP contribution in [0, 0.1) is 0 Å². The van der Waals surface area contributed by atoms with Gasteiger partial charge in [-0.1, -0.05) is 26.0 Å². The van der Waals surface area contributed by atoms with Crippen LogP contribution in [-0.4, -0.2) is 26.1 Å². The molecule has 3 aromatic heterocycles. The van der Waals surface area contributed by atoms with Crippen LogP contribution < -0.4 is 10.2 Å². The number of allylic oxidation sites excluding steroid dienone is 2. The number of anilines is 2. The summed E-state index contributed by atoms with van der Waals surface area (Å²) in [5, 5.41) is 8.09. The fraction of sp³-hybridized carbons (Fsp3) is 0.348. The highest BCUT2D eigenvalue weighted by molar-refractivity contribution is 5.71. The maximum atomic E-state index is 4.86. The molecule has 0 amide bonds. The number of nitrogens with one attached hydrogen (secondary N) is 1. The molecule has 1 unspecified atom stereocenters. The standard InChI is InChI=1S/C21H24N6.C2H6/c1-15(2)14-16(3)23-20-19-7-5-13-27(19)25-21(24-20)26-12-4-6-18(26)17-8-10-22-11-9-17;1-2/h5,7-11,13-14,18H,3-4,6,12H2,1-2H3,(H,23,24,25);1-2H3. The van der Waals surface area contributed by atoms with Gasteiger partial charge in [0, 0.05) is 30.8 Å². The fourth-order valence-electron chi connectivity index (χ4n) is 3.61. The number of hydrogen-bond acceptors (Lipinski definition) is 5. The Morgan fingerprint density at radius 1 is 1.21 bits per heavy atom. The van der Waals surface area contributed by atoms with Gasteiger partial charge in [-0.25, -0.2) is 4.52 Å². The molecule has 0 aliphatic carbocycles. The van der Waals surface area contributed by atoms with Gasteiger partial charge in [-0.15, -0.1) is 5.10 Å². The van der Waals surface area contributed by atoms with Gasteiger partial charge in [0.25, 0.3) is 0 Å². The van der Waals surface area contributed by atoms with E-state index in [4.69, 9.17) is 10.1 Å². The SMILES string of the molecule is C=C(C=C(C)C)Nc1nc(N2CCCC2c2ccncc2)nn2cccc12.CC. The van der Waals surface area contributed by atoms with Crippen LogP contribution in [0.4, 0.5) is 11.8 Å².